The van der Waals surface area contributed by atoms with Crippen molar-refractivity contribution in [3.05, 3.63) is 35.2 Å². The van der Waals surface area contributed by atoms with Crippen LogP contribution in [0.1, 0.15) is 35.3 Å². The molecule has 3 aromatic rings. The summed E-state index contributed by atoms with van der Waals surface area (Å²) >= 11 is 1.35. The predicted molar refractivity (Wildman–Crippen MR) is 79.1 cm³/mol. The van der Waals surface area contributed by atoms with Crippen LogP contribution >= 0.6 is 11.3 Å². The van der Waals surface area contributed by atoms with Gasteiger partial charge in [-0.25, -0.2) is 4.79 Å². The van der Waals surface area contributed by atoms with Crippen LogP contribution in [0.2, 0.25) is 0 Å². The Morgan fingerprint density at radius 1 is 1.32 bits per heavy atom. The van der Waals surface area contributed by atoms with Crippen LogP contribution in [0.3, 0.4) is 0 Å². The zero-order valence-electron chi connectivity index (χ0n) is 11.8. The fourth-order valence-corrected chi connectivity index (χ4v) is 2.67. The van der Waals surface area contributed by atoms with Crippen LogP contribution in [0.15, 0.2) is 24.5 Å². The van der Waals surface area contributed by atoms with Crippen molar-refractivity contribution in [2.24, 2.45) is 0 Å². The monoisotopic (exact) mass is 316 g/mol. The minimum atomic E-state index is -1.15. The van der Waals surface area contributed by atoms with Gasteiger partial charge in [-0.2, -0.15) is 4.68 Å². The van der Waals surface area contributed by atoms with Crippen molar-refractivity contribution in [3.63, 3.8) is 0 Å². The third-order valence-electron chi connectivity index (χ3n) is 2.91. The van der Waals surface area contributed by atoms with Gasteiger partial charge in [0.05, 0.1) is 0 Å². The molecule has 3 rings (SSSR count). The molecule has 0 aromatic carbocycles. The summed E-state index contributed by atoms with van der Waals surface area (Å²) in [5.41, 5.74) is 0.799. The molecule has 22 heavy (non-hydrogen) atoms. The van der Waals surface area contributed by atoms with E-state index in [2.05, 4.69) is 25.5 Å². The predicted octanol–water partition coefficient (Wildman–Crippen LogP) is 2.00. The second-order valence-electron chi connectivity index (χ2n) is 4.82. The van der Waals surface area contributed by atoms with Gasteiger partial charge in [0.25, 0.3) is 0 Å². The SMILES string of the molecule is CC(C)c1nnc(-n2nnc(C(=O)O)c2-c2cccnc2)s1. The van der Waals surface area contributed by atoms with Gasteiger partial charge in [0.15, 0.2) is 5.69 Å². The van der Waals surface area contributed by atoms with Gasteiger partial charge in [0.2, 0.25) is 5.13 Å². The number of nitrogens with zero attached hydrogens (tertiary/aromatic N) is 6. The van der Waals surface area contributed by atoms with Gasteiger partial charge >= 0.3 is 5.97 Å². The van der Waals surface area contributed by atoms with Crippen LogP contribution < -0.4 is 0 Å². The van der Waals surface area contributed by atoms with E-state index in [0.717, 1.165) is 5.01 Å². The summed E-state index contributed by atoms with van der Waals surface area (Å²) in [7, 11) is 0. The van der Waals surface area contributed by atoms with Gasteiger partial charge in [-0.15, -0.1) is 15.3 Å². The summed E-state index contributed by atoms with van der Waals surface area (Å²) in [4.78, 5) is 15.4. The summed E-state index contributed by atoms with van der Waals surface area (Å²) in [6, 6.07) is 3.47. The molecule has 0 saturated heterocycles. The molecule has 112 valence electrons. The molecule has 1 N–H and O–H groups in total. The number of carboxylic acids is 1. The molecule has 0 spiro atoms. The highest BCUT2D eigenvalue weighted by atomic mass is 32.1. The first-order chi connectivity index (χ1) is 10.6. The molecule has 0 atom stereocenters. The van der Waals surface area contributed by atoms with Gasteiger partial charge in [-0.1, -0.05) is 30.4 Å². The van der Waals surface area contributed by atoms with E-state index in [1.54, 1.807) is 24.5 Å². The lowest BCUT2D eigenvalue weighted by molar-refractivity contribution is 0.0691. The number of pyridine rings is 1. The van der Waals surface area contributed by atoms with E-state index >= 15 is 0 Å². The third-order valence-corrected chi connectivity index (χ3v) is 4.11. The van der Waals surface area contributed by atoms with E-state index < -0.39 is 5.97 Å². The molecular weight excluding hydrogens is 304 g/mol. The quantitative estimate of drug-likeness (QED) is 0.784. The van der Waals surface area contributed by atoms with E-state index in [1.165, 1.54) is 16.0 Å². The topological polar surface area (TPSA) is 107 Å². The Balaban J connectivity index is 2.18. The summed E-state index contributed by atoms with van der Waals surface area (Å²) in [6.45, 7) is 4.02. The zero-order valence-corrected chi connectivity index (χ0v) is 12.7. The van der Waals surface area contributed by atoms with Gasteiger partial charge in [-0.3, -0.25) is 4.98 Å². The van der Waals surface area contributed by atoms with Gasteiger partial charge in [-0.05, 0) is 12.1 Å². The molecule has 0 fully saturated rings. The number of aromatic nitrogens is 6. The second-order valence-corrected chi connectivity index (χ2v) is 5.81. The van der Waals surface area contributed by atoms with Crippen LogP contribution in [0, 0.1) is 0 Å². The molecule has 0 amide bonds. The highest BCUT2D eigenvalue weighted by molar-refractivity contribution is 7.13. The molecule has 0 aliphatic heterocycles. The molecule has 8 nitrogen and oxygen atoms in total. The van der Waals surface area contributed by atoms with Crippen molar-refractivity contribution in [1.29, 1.82) is 0 Å². The third kappa shape index (κ3) is 2.46. The molecule has 0 bridgehead atoms. The Morgan fingerprint density at radius 2 is 2.14 bits per heavy atom. The van der Waals surface area contributed by atoms with Crippen LogP contribution in [0.25, 0.3) is 16.4 Å². The standard InChI is InChI=1S/C13H12N6O2S/c1-7(2)11-16-17-13(22-11)19-10(8-4-3-5-14-6-8)9(12(20)21)15-18-19/h3-7H,1-2H3,(H,20,21). The molecule has 3 heterocycles. The Bertz CT molecular complexity index is 811. The van der Waals surface area contributed by atoms with Crippen molar-refractivity contribution in [2.45, 2.75) is 19.8 Å². The summed E-state index contributed by atoms with van der Waals surface area (Å²) in [5.74, 6) is -0.922. The van der Waals surface area contributed by atoms with Gasteiger partial charge < -0.3 is 5.11 Å². The maximum atomic E-state index is 11.4. The maximum Gasteiger partial charge on any atom is 0.358 e. The molecule has 0 saturated carbocycles. The average molecular weight is 316 g/mol. The smallest absolute Gasteiger partial charge is 0.358 e. The first-order valence-electron chi connectivity index (χ1n) is 6.51. The first kappa shape index (κ1) is 14.3. The minimum absolute atomic E-state index is 0.144. The maximum absolute atomic E-state index is 11.4. The number of aromatic carboxylic acids is 1. The van der Waals surface area contributed by atoms with Crippen molar-refractivity contribution < 1.29 is 9.90 Å². The van der Waals surface area contributed by atoms with Gasteiger partial charge in [0, 0.05) is 23.9 Å². The second kappa shape index (κ2) is 5.60. The Morgan fingerprint density at radius 3 is 2.73 bits per heavy atom. The summed E-state index contributed by atoms with van der Waals surface area (Å²) in [6.07, 6.45) is 3.17. The normalized spacial score (nSPS) is 11.0. The average Bonchev–Trinajstić information content (AvgIpc) is 3.14. The van der Waals surface area contributed by atoms with E-state index in [9.17, 15) is 9.90 Å². The van der Waals surface area contributed by atoms with Crippen LogP contribution in [0.4, 0.5) is 0 Å². The molecule has 0 aliphatic rings. The van der Waals surface area contributed by atoms with Crippen molar-refractivity contribution >= 4 is 17.3 Å². The van der Waals surface area contributed by atoms with Crippen LogP contribution in [-0.2, 0) is 0 Å². The zero-order chi connectivity index (χ0) is 15.7. The largest absolute Gasteiger partial charge is 0.476 e. The molecule has 3 aromatic heterocycles. The lowest BCUT2D eigenvalue weighted by atomic mass is 10.1. The Kier molecular flexibility index (Phi) is 3.63. The molecule has 0 unspecified atom stereocenters. The number of carboxylic acid groups (broad SMARTS) is 1. The van der Waals surface area contributed by atoms with Crippen molar-refractivity contribution in [1.82, 2.24) is 30.2 Å². The van der Waals surface area contributed by atoms with Crippen LogP contribution in [-0.4, -0.2) is 41.3 Å². The van der Waals surface area contributed by atoms with Crippen molar-refractivity contribution in [2.75, 3.05) is 0 Å². The van der Waals surface area contributed by atoms with Gasteiger partial charge in [0.1, 0.15) is 10.7 Å². The number of hydrogen-bond acceptors (Lipinski definition) is 7. The Hall–Kier alpha value is -2.68. The van der Waals surface area contributed by atoms with Crippen molar-refractivity contribution in [3.8, 4) is 16.4 Å². The molecule has 0 aliphatic carbocycles. The molecular formula is C13H12N6O2S. The molecule has 0 radical (unpaired) electrons. The summed E-state index contributed by atoms with van der Waals surface area (Å²) < 4.78 is 1.39. The van der Waals surface area contributed by atoms with E-state index in [4.69, 9.17) is 0 Å². The van der Waals surface area contributed by atoms with E-state index in [-0.39, 0.29) is 11.6 Å². The number of hydrogen-bond donors (Lipinski definition) is 1. The lowest BCUT2D eigenvalue weighted by Gasteiger charge is -2.03. The molecule has 9 heteroatoms. The minimum Gasteiger partial charge on any atom is -0.476 e. The van der Waals surface area contributed by atoms with E-state index in [0.29, 0.717) is 16.4 Å². The fourth-order valence-electron chi connectivity index (χ4n) is 1.87. The first-order valence-corrected chi connectivity index (χ1v) is 7.32. The highest BCUT2D eigenvalue weighted by Gasteiger charge is 2.23. The number of carbonyl (C=O) groups is 1. The lowest BCUT2D eigenvalue weighted by Crippen LogP contribution is -2.03. The summed E-state index contributed by atoms with van der Waals surface area (Å²) in [5, 5.41) is 26.5. The Labute approximate surface area is 129 Å². The fraction of sp³-hybridized carbons (Fsp3) is 0.231. The van der Waals surface area contributed by atoms with E-state index in [1.807, 2.05) is 13.8 Å². The van der Waals surface area contributed by atoms with Crippen LogP contribution in [0.5, 0.6) is 0 Å². The highest BCUT2D eigenvalue weighted by Crippen LogP contribution is 2.27. The number of rotatable bonds is 4.